The topological polar surface area (TPSA) is 473 Å². The van der Waals surface area contributed by atoms with Crippen LogP contribution in [0.2, 0.25) is 0 Å². The maximum absolute atomic E-state index is 14.7. The number of anilines is 1. The predicted molar refractivity (Wildman–Crippen MR) is 395 cm³/mol. The quantitative estimate of drug-likeness (QED) is 0.00974. The molecule has 2 heterocycles. The summed E-state index contributed by atoms with van der Waals surface area (Å²) in [5, 5.41) is 57.1. The van der Waals surface area contributed by atoms with Gasteiger partial charge in [0.2, 0.25) is 47.3 Å². The number of guanidine groups is 1. The van der Waals surface area contributed by atoms with E-state index in [4.69, 9.17) is 50.0 Å². The smallest absolute Gasteiger partial charge is 0.340 e. The number of hydrogen-bond donors (Lipinski definition) is 17. The minimum absolute atomic E-state index is 0.0177. The number of amidine groups is 1. The van der Waals surface area contributed by atoms with Crippen LogP contribution in [0.4, 0.5) is 5.69 Å². The van der Waals surface area contributed by atoms with Gasteiger partial charge in [-0.15, -0.1) is 0 Å². The summed E-state index contributed by atoms with van der Waals surface area (Å²) in [6, 6.07) is 12.4. The van der Waals surface area contributed by atoms with Gasteiger partial charge in [0.15, 0.2) is 16.7 Å². The molecule has 2 aliphatic rings. The number of thiocarbonyl (C=S) groups is 1. The second-order valence-electron chi connectivity index (χ2n) is 27.8. The summed E-state index contributed by atoms with van der Waals surface area (Å²) < 4.78 is 12.2. The van der Waals surface area contributed by atoms with E-state index in [9.17, 15) is 53.4 Å². The number of nitrogens with one attached hydrogen (secondary N) is 11. The van der Waals surface area contributed by atoms with Crippen molar-refractivity contribution in [2.75, 3.05) is 25.0 Å². The third-order valence-corrected chi connectivity index (χ3v) is 17.9. The van der Waals surface area contributed by atoms with E-state index in [1.165, 1.54) is 24.3 Å². The molecule has 0 bridgehead atoms. The van der Waals surface area contributed by atoms with E-state index >= 15 is 0 Å². The van der Waals surface area contributed by atoms with Gasteiger partial charge in [-0.25, -0.2) is 4.79 Å². The molecule has 4 aromatic carbocycles. The van der Waals surface area contributed by atoms with Crippen molar-refractivity contribution in [2.45, 2.75) is 188 Å². The molecule has 29 nitrogen and oxygen atoms in total. The zero-order chi connectivity index (χ0) is 76.0. The zero-order valence-electron chi connectivity index (χ0n) is 60.4. The van der Waals surface area contributed by atoms with Crippen LogP contribution in [0.5, 0.6) is 23.0 Å². The normalized spacial score (nSPS) is 14.8. The molecule has 0 aromatic heterocycles. The molecular formula is C73H104N16O13S. The van der Waals surface area contributed by atoms with Crippen molar-refractivity contribution in [1.82, 2.24) is 47.9 Å². The number of nitrogens with two attached hydrogens (primary N) is 4. The number of fused-ring (bicyclic) bond motifs is 6. The minimum Gasteiger partial charge on any atom is -0.508 e. The molecule has 0 unspecified atom stereocenters. The Kier molecular flexibility index (Phi) is 30.4. The van der Waals surface area contributed by atoms with Gasteiger partial charge in [0.05, 0.1) is 5.56 Å². The van der Waals surface area contributed by atoms with Crippen LogP contribution in [0.15, 0.2) is 83.9 Å². The summed E-state index contributed by atoms with van der Waals surface area (Å²) in [7, 11) is 0. The number of phenolic OH excluding ortho intramolecular Hbond substituents is 2. The van der Waals surface area contributed by atoms with Gasteiger partial charge < -0.3 is 95.8 Å². The van der Waals surface area contributed by atoms with Crippen molar-refractivity contribution in [3.63, 3.8) is 0 Å². The second kappa shape index (κ2) is 38.2. The third-order valence-electron chi connectivity index (χ3n) is 17.6. The Morgan fingerprint density at radius 3 is 1.60 bits per heavy atom. The van der Waals surface area contributed by atoms with Crippen LogP contribution in [0.25, 0.3) is 0 Å². The Morgan fingerprint density at radius 2 is 1.08 bits per heavy atom. The Labute approximate surface area is 607 Å². The van der Waals surface area contributed by atoms with Crippen LogP contribution in [0.3, 0.4) is 0 Å². The molecule has 8 atom stereocenters. The summed E-state index contributed by atoms with van der Waals surface area (Å²) in [4.78, 5) is 132. The monoisotopic (exact) mass is 1440 g/mol. The molecule has 4 aromatic rings. The number of esters is 1. The van der Waals surface area contributed by atoms with Gasteiger partial charge in [-0.1, -0.05) is 106 Å². The van der Waals surface area contributed by atoms with Gasteiger partial charge in [-0.05, 0) is 142 Å². The average molecular weight is 1450 g/mol. The molecule has 21 N–H and O–H groups in total. The largest absolute Gasteiger partial charge is 0.508 e. The maximum atomic E-state index is 14.7. The number of aliphatic imine (C=N–C) groups is 1. The Hall–Kier alpha value is -10.1. The van der Waals surface area contributed by atoms with Crippen LogP contribution in [-0.4, -0.2) is 142 Å². The summed E-state index contributed by atoms with van der Waals surface area (Å²) >= 11 is 5.59. The maximum Gasteiger partial charge on any atom is 0.340 e. The number of aromatic hydroxyl groups is 2. The van der Waals surface area contributed by atoms with E-state index in [0.29, 0.717) is 53.7 Å². The fourth-order valence-corrected chi connectivity index (χ4v) is 12.3. The van der Waals surface area contributed by atoms with Crippen molar-refractivity contribution < 1.29 is 62.8 Å². The molecule has 0 saturated carbocycles. The molecule has 1 spiro atoms. The summed E-state index contributed by atoms with van der Waals surface area (Å²) in [6.07, 6.45) is 2.18. The molecular weight excluding hydrogens is 1340 g/mol. The van der Waals surface area contributed by atoms with E-state index in [1.807, 2.05) is 48.5 Å². The van der Waals surface area contributed by atoms with Crippen LogP contribution < -0.4 is 80.8 Å². The second-order valence-corrected chi connectivity index (χ2v) is 28.3. The fraction of sp³-hybridized carbons (Fsp3) is 0.507. The zero-order valence-corrected chi connectivity index (χ0v) is 61.2. The molecule has 0 radical (unpaired) electrons. The SMILES string of the molecule is CC[C@H](C)[C@H](NC(=O)[C@H](CC(C)C)NC(=O)[C@H](CC(C)C)NC(=O)[C@H](CC(C)C)NC(=O)CCNC(=S)Nc1ccc2c(c1)C(=O)OC21c2ccc(O)cc2Oc2cc(O)ccc21)C(=O)N[C@@H](CCCN=C(N)N)C(=O)N[C@H](C(=O)N[C@@H](CCCCN)C(=O)NCc1ccc(C(=N)N)cc1)C(C)C. The molecule has 0 saturated heterocycles. The summed E-state index contributed by atoms with van der Waals surface area (Å²) in [6.45, 7) is 18.7. The number of unbranched alkanes of at least 4 members (excludes halogenated alkanes) is 1. The van der Waals surface area contributed by atoms with Gasteiger partial charge in [0.1, 0.15) is 71.1 Å². The van der Waals surface area contributed by atoms with Crippen molar-refractivity contribution in [3.05, 3.63) is 112 Å². The first-order valence-corrected chi connectivity index (χ1v) is 35.5. The van der Waals surface area contributed by atoms with Crippen LogP contribution in [0, 0.1) is 35.0 Å². The number of carbonyl (C=O) groups is 9. The van der Waals surface area contributed by atoms with Gasteiger partial charge in [0.25, 0.3) is 0 Å². The standard InChI is InChI=1S/C73H104N16O13S/c1-11-42(10)61(69(99)85-53(16-14-29-79-71(77)78)64(94)88-60(41(8)9)68(98)84-52(15-12-13-28-74)63(93)81-37-43-17-19-44(20-18-43)62(75)76)89-67(97)56(33-40(6)7)87-66(96)55(32-39(4)5)86-65(95)54(31-38(2)3)83-59(92)27-30-80-72(103)82-45-21-24-49-48(34-45)70(100)102-73(49)50-25-22-46(90)35-57(50)101-58-36-47(91)23-26-51(58)73/h17-26,34-36,38-42,52-56,60-61,90-91H,11-16,27-33,37,74H2,1-10H3,(H3,75,76)(H,81,93)(H,83,92)(H,84,98)(H,85,99)(H,86,95)(H,87,96)(H,88,94)(H,89,97)(H4,77,78,79)(H2,80,82,103)/t42-,52-,53-,54-,55-,56-,60-,61-/m0/s1. The number of rotatable bonds is 38. The molecule has 103 heavy (non-hydrogen) atoms. The number of benzene rings is 4. The molecule has 8 amide bonds. The molecule has 2 aliphatic heterocycles. The van der Waals surface area contributed by atoms with Gasteiger partial charge >= 0.3 is 5.97 Å². The first-order chi connectivity index (χ1) is 48.7. The highest BCUT2D eigenvalue weighted by molar-refractivity contribution is 7.80. The molecule has 0 aliphatic carbocycles. The number of amides is 8. The van der Waals surface area contributed by atoms with Gasteiger partial charge in [0, 0.05) is 66.1 Å². The first-order valence-electron chi connectivity index (χ1n) is 35.1. The van der Waals surface area contributed by atoms with Crippen LogP contribution >= 0.6 is 12.2 Å². The van der Waals surface area contributed by atoms with E-state index in [1.54, 1.807) is 75.4 Å². The molecule has 0 fully saturated rings. The lowest BCUT2D eigenvalue weighted by molar-refractivity contribution is -0.137. The number of nitrogens with zero attached hydrogens (tertiary/aromatic N) is 1. The van der Waals surface area contributed by atoms with Gasteiger partial charge in [-0.3, -0.25) is 48.8 Å². The summed E-state index contributed by atoms with van der Waals surface area (Å²) in [5.74, 6) is -7.26. The Morgan fingerprint density at radius 1 is 0.583 bits per heavy atom. The lowest BCUT2D eigenvalue weighted by Crippen LogP contribution is -2.61. The van der Waals surface area contributed by atoms with Crippen molar-refractivity contribution >= 4 is 88.0 Å². The highest BCUT2D eigenvalue weighted by atomic mass is 32.1. The number of ether oxygens (including phenoxy) is 2. The Bertz CT molecular complexity index is 3680. The third kappa shape index (κ3) is 23.2. The lowest BCUT2D eigenvalue weighted by atomic mass is 9.77. The van der Waals surface area contributed by atoms with E-state index < -0.39 is 113 Å². The lowest BCUT2D eigenvalue weighted by Gasteiger charge is -2.36. The summed E-state index contributed by atoms with van der Waals surface area (Å²) in [5.41, 5.74) is 24.4. The number of phenols is 2. The minimum atomic E-state index is -1.47. The average Bonchev–Trinajstić information content (AvgIpc) is 1.63. The van der Waals surface area contributed by atoms with Crippen LogP contribution in [0.1, 0.15) is 172 Å². The van der Waals surface area contributed by atoms with E-state index in [0.717, 1.165) is 5.56 Å². The Balaban J connectivity index is 1.09. The molecule has 6 rings (SSSR count). The molecule has 30 heteroatoms. The van der Waals surface area contributed by atoms with E-state index in [-0.39, 0.29) is 128 Å². The number of nitrogen functional groups attached to an aromatic ring is 1. The van der Waals surface area contributed by atoms with Crippen LogP contribution in [-0.2, 0) is 55.2 Å². The number of carbonyl (C=O) groups excluding carboxylic acids is 9. The fourth-order valence-electron chi connectivity index (χ4n) is 12.1. The van der Waals surface area contributed by atoms with Gasteiger partial charge in [-0.2, -0.15) is 0 Å². The van der Waals surface area contributed by atoms with Crippen molar-refractivity contribution in [2.24, 2.45) is 57.5 Å². The first kappa shape index (κ1) is 81.9. The highest BCUT2D eigenvalue weighted by Gasteiger charge is 2.54. The molecule has 560 valence electrons. The highest BCUT2D eigenvalue weighted by Crippen LogP contribution is 2.57. The van der Waals surface area contributed by atoms with Crippen molar-refractivity contribution in [3.8, 4) is 23.0 Å². The number of hydrogen-bond acceptors (Lipinski definition) is 17. The van der Waals surface area contributed by atoms with E-state index in [2.05, 4.69) is 58.2 Å². The predicted octanol–water partition coefficient (Wildman–Crippen LogP) is 4.36. The van der Waals surface area contributed by atoms with Crippen molar-refractivity contribution in [1.29, 1.82) is 5.41 Å².